The third kappa shape index (κ3) is 4.70. The molecule has 0 amide bonds. The maximum Gasteiger partial charge on any atom is 0.182 e. The molecule has 1 atom stereocenters. The van der Waals surface area contributed by atoms with E-state index in [1.54, 1.807) is 0 Å². The molecule has 3 heteroatoms. The predicted octanol–water partition coefficient (Wildman–Crippen LogP) is 1.55. The van der Waals surface area contributed by atoms with E-state index in [0.717, 1.165) is 25.7 Å². The summed E-state index contributed by atoms with van der Waals surface area (Å²) < 4.78 is 9.84. The second-order valence-electron chi connectivity index (χ2n) is 2.90. The molecule has 0 saturated carbocycles. The highest BCUT2D eigenvalue weighted by atomic mass is 16.7. The zero-order valence-corrected chi connectivity index (χ0v) is 8.25. The Morgan fingerprint density at radius 2 is 1.75 bits per heavy atom. The van der Waals surface area contributed by atoms with Crippen LogP contribution in [-0.4, -0.2) is 31.7 Å². The van der Waals surface area contributed by atoms with E-state index in [9.17, 15) is 5.11 Å². The van der Waals surface area contributed by atoms with Crippen LogP contribution in [0.25, 0.3) is 0 Å². The van der Waals surface area contributed by atoms with Crippen LogP contribution < -0.4 is 0 Å². The Hall–Kier alpha value is -0.120. The number of ether oxygens (including phenoxy) is 2. The first-order valence-electron chi connectivity index (χ1n) is 4.49. The number of methoxy groups -OCH3 is 2. The number of rotatable bonds is 7. The van der Waals surface area contributed by atoms with Crippen molar-refractivity contribution in [2.24, 2.45) is 0 Å². The Bertz CT molecular complexity index is 91.8. The van der Waals surface area contributed by atoms with Gasteiger partial charge >= 0.3 is 0 Å². The summed E-state index contributed by atoms with van der Waals surface area (Å²) in [6, 6.07) is 0. The van der Waals surface area contributed by atoms with Crippen LogP contribution in [0.15, 0.2) is 0 Å². The average Bonchev–Trinajstić information content (AvgIpc) is 2.07. The highest BCUT2D eigenvalue weighted by Crippen LogP contribution is 2.08. The molecular formula is C9H20O3. The molecule has 12 heavy (non-hydrogen) atoms. The molecule has 0 aromatic carbocycles. The fourth-order valence-electron chi connectivity index (χ4n) is 1.15. The van der Waals surface area contributed by atoms with Crippen molar-refractivity contribution in [3.8, 4) is 0 Å². The number of hydrogen-bond donors (Lipinski definition) is 1. The molecule has 1 unspecified atom stereocenters. The minimum atomic E-state index is -0.494. The quantitative estimate of drug-likeness (QED) is 0.472. The molecule has 0 saturated heterocycles. The van der Waals surface area contributed by atoms with E-state index in [0.29, 0.717) is 0 Å². The smallest absolute Gasteiger partial charge is 0.182 e. The molecule has 0 fully saturated rings. The third-order valence-corrected chi connectivity index (χ3v) is 1.88. The third-order valence-electron chi connectivity index (χ3n) is 1.88. The summed E-state index contributed by atoms with van der Waals surface area (Å²) in [5.41, 5.74) is 0. The van der Waals surface area contributed by atoms with Gasteiger partial charge in [0.2, 0.25) is 0 Å². The summed E-state index contributed by atoms with van der Waals surface area (Å²) in [6.07, 6.45) is 3.13. The van der Waals surface area contributed by atoms with E-state index >= 15 is 0 Å². The lowest BCUT2D eigenvalue weighted by Crippen LogP contribution is -2.29. The zero-order valence-electron chi connectivity index (χ0n) is 8.25. The van der Waals surface area contributed by atoms with Gasteiger partial charge in [-0.15, -0.1) is 0 Å². The van der Waals surface area contributed by atoms with Crippen molar-refractivity contribution in [2.45, 2.75) is 45.0 Å². The van der Waals surface area contributed by atoms with Gasteiger partial charge < -0.3 is 14.6 Å². The highest BCUT2D eigenvalue weighted by molar-refractivity contribution is 4.59. The average molecular weight is 176 g/mol. The van der Waals surface area contributed by atoms with Crippen LogP contribution in [0.3, 0.4) is 0 Å². The van der Waals surface area contributed by atoms with Crippen LogP contribution in [0.1, 0.15) is 32.6 Å². The summed E-state index contributed by atoms with van der Waals surface area (Å²) in [4.78, 5) is 0. The second-order valence-corrected chi connectivity index (χ2v) is 2.90. The number of unbranched alkanes of at least 4 members (excludes halogenated alkanes) is 2. The molecule has 0 heterocycles. The molecule has 1 N–H and O–H groups in total. The van der Waals surface area contributed by atoms with Crippen LogP contribution in [0.5, 0.6) is 0 Å². The topological polar surface area (TPSA) is 38.7 Å². The molecule has 0 aliphatic rings. The summed E-state index contributed by atoms with van der Waals surface area (Å²) in [5, 5.41) is 9.49. The molecule has 0 aromatic rings. The van der Waals surface area contributed by atoms with Crippen molar-refractivity contribution >= 4 is 0 Å². The normalized spacial score (nSPS) is 13.8. The molecule has 0 spiro atoms. The zero-order chi connectivity index (χ0) is 9.40. The van der Waals surface area contributed by atoms with Crippen molar-refractivity contribution < 1.29 is 14.6 Å². The number of hydrogen-bond acceptors (Lipinski definition) is 3. The van der Waals surface area contributed by atoms with E-state index in [4.69, 9.17) is 9.47 Å². The Labute approximate surface area is 74.7 Å². The van der Waals surface area contributed by atoms with Gasteiger partial charge in [-0.2, -0.15) is 0 Å². The molecule has 3 nitrogen and oxygen atoms in total. The first kappa shape index (κ1) is 11.9. The van der Waals surface area contributed by atoms with Crippen LogP contribution in [0.2, 0.25) is 0 Å². The van der Waals surface area contributed by atoms with Gasteiger partial charge in [-0.25, -0.2) is 0 Å². The van der Waals surface area contributed by atoms with Gasteiger partial charge in [-0.1, -0.05) is 26.2 Å². The summed E-state index contributed by atoms with van der Waals surface area (Å²) >= 11 is 0. The second kappa shape index (κ2) is 7.53. The molecule has 0 aliphatic heterocycles. The van der Waals surface area contributed by atoms with Gasteiger partial charge in [0.15, 0.2) is 6.29 Å². The fraction of sp³-hybridized carbons (Fsp3) is 1.00. The van der Waals surface area contributed by atoms with Crippen molar-refractivity contribution in [1.29, 1.82) is 0 Å². The van der Waals surface area contributed by atoms with Crippen LogP contribution in [0.4, 0.5) is 0 Å². The van der Waals surface area contributed by atoms with Crippen LogP contribution in [0, 0.1) is 0 Å². The largest absolute Gasteiger partial charge is 0.388 e. The monoisotopic (exact) mass is 176 g/mol. The lowest BCUT2D eigenvalue weighted by Gasteiger charge is -2.19. The Kier molecular flexibility index (Phi) is 7.45. The molecular weight excluding hydrogens is 156 g/mol. The Morgan fingerprint density at radius 3 is 2.17 bits per heavy atom. The van der Waals surface area contributed by atoms with Crippen molar-refractivity contribution in [2.75, 3.05) is 14.2 Å². The highest BCUT2D eigenvalue weighted by Gasteiger charge is 2.16. The van der Waals surface area contributed by atoms with Gasteiger partial charge in [-0.3, -0.25) is 0 Å². The van der Waals surface area contributed by atoms with E-state index in [1.165, 1.54) is 14.2 Å². The van der Waals surface area contributed by atoms with Gasteiger partial charge in [0, 0.05) is 14.2 Å². The standard InChI is InChI=1S/C9H20O3/c1-4-5-6-7-8(10)9(11-2)12-3/h8-10H,4-7H2,1-3H3. The summed E-state index contributed by atoms with van der Waals surface area (Å²) in [6.45, 7) is 2.14. The molecule has 0 bridgehead atoms. The van der Waals surface area contributed by atoms with Crippen molar-refractivity contribution in [3.63, 3.8) is 0 Å². The van der Waals surface area contributed by atoms with Gasteiger partial charge in [-0.05, 0) is 6.42 Å². The molecule has 0 rings (SSSR count). The van der Waals surface area contributed by atoms with Gasteiger partial charge in [0.1, 0.15) is 6.10 Å². The number of aliphatic hydroxyl groups excluding tert-OH is 1. The van der Waals surface area contributed by atoms with Crippen LogP contribution >= 0.6 is 0 Å². The molecule has 0 aromatic heterocycles. The van der Waals surface area contributed by atoms with E-state index in [-0.39, 0.29) is 0 Å². The lowest BCUT2D eigenvalue weighted by molar-refractivity contribution is -0.165. The molecule has 74 valence electrons. The molecule has 0 radical (unpaired) electrons. The minimum absolute atomic E-state index is 0.471. The Balaban J connectivity index is 3.47. The summed E-state index contributed by atoms with van der Waals surface area (Å²) in [5.74, 6) is 0. The van der Waals surface area contributed by atoms with Crippen LogP contribution in [-0.2, 0) is 9.47 Å². The Morgan fingerprint density at radius 1 is 1.17 bits per heavy atom. The van der Waals surface area contributed by atoms with Crippen molar-refractivity contribution in [1.82, 2.24) is 0 Å². The first-order chi connectivity index (χ1) is 5.76. The lowest BCUT2D eigenvalue weighted by atomic mass is 10.1. The van der Waals surface area contributed by atoms with Crippen molar-refractivity contribution in [3.05, 3.63) is 0 Å². The SMILES string of the molecule is CCCCCC(O)C(OC)OC. The fourth-order valence-corrected chi connectivity index (χ4v) is 1.15. The minimum Gasteiger partial charge on any atom is -0.388 e. The number of aliphatic hydroxyl groups is 1. The van der Waals surface area contributed by atoms with Gasteiger partial charge in [0.25, 0.3) is 0 Å². The first-order valence-corrected chi connectivity index (χ1v) is 4.49. The molecule has 0 aliphatic carbocycles. The van der Waals surface area contributed by atoms with E-state index in [2.05, 4.69) is 6.92 Å². The van der Waals surface area contributed by atoms with E-state index < -0.39 is 12.4 Å². The maximum atomic E-state index is 9.49. The maximum absolute atomic E-state index is 9.49. The van der Waals surface area contributed by atoms with Gasteiger partial charge in [0.05, 0.1) is 0 Å². The summed E-state index contributed by atoms with van der Waals surface area (Å²) in [7, 11) is 3.08. The predicted molar refractivity (Wildman–Crippen MR) is 48.0 cm³/mol. The van der Waals surface area contributed by atoms with E-state index in [1.807, 2.05) is 0 Å².